The quantitative estimate of drug-likeness (QED) is 0.105. The van der Waals surface area contributed by atoms with Gasteiger partial charge in [-0.3, -0.25) is 14.4 Å². The van der Waals surface area contributed by atoms with Gasteiger partial charge >= 0.3 is 18.2 Å². The van der Waals surface area contributed by atoms with Crippen LogP contribution in [0, 0.1) is 11.8 Å². The second kappa shape index (κ2) is 15.8. The molecular formula is C32H46N4O9. The highest BCUT2D eigenvalue weighted by molar-refractivity contribution is 6.04. The molecule has 2 heterocycles. The van der Waals surface area contributed by atoms with Gasteiger partial charge in [-0.25, -0.2) is 9.59 Å². The SMILES string of the molecule is COC(=O)/N=C(\N)c1ccc(C(=O)C[C@@H](C)C(=O)N2CCC(OC(OC(C)=O)C3CCCN(C(=O)OC(C)(C)C)C3)CC2)cc1. The number of aliphatic imine (C=N–C) groups is 1. The third-order valence-corrected chi connectivity index (χ3v) is 7.66. The van der Waals surface area contributed by atoms with E-state index in [2.05, 4.69) is 9.73 Å². The van der Waals surface area contributed by atoms with Crippen molar-refractivity contribution in [3.8, 4) is 0 Å². The molecule has 13 nitrogen and oxygen atoms in total. The molecule has 2 aliphatic rings. The first-order valence-corrected chi connectivity index (χ1v) is 15.3. The highest BCUT2D eigenvalue weighted by atomic mass is 16.7. The molecule has 1 aromatic rings. The number of hydrogen-bond acceptors (Lipinski definition) is 9. The zero-order valence-electron chi connectivity index (χ0n) is 27.1. The minimum atomic E-state index is -0.823. The van der Waals surface area contributed by atoms with Gasteiger partial charge in [-0.1, -0.05) is 31.2 Å². The molecule has 0 bridgehead atoms. The zero-order valence-corrected chi connectivity index (χ0v) is 27.1. The number of likely N-dealkylation sites (tertiary alicyclic amines) is 2. The number of benzene rings is 1. The Morgan fingerprint density at radius 1 is 0.978 bits per heavy atom. The number of carbonyl (C=O) groups is 5. The van der Waals surface area contributed by atoms with Crippen LogP contribution >= 0.6 is 0 Å². The minimum absolute atomic E-state index is 0.0301. The monoisotopic (exact) mass is 630 g/mol. The van der Waals surface area contributed by atoms with Crippen molar-refractivity contribution in [3.05, 3.63) is 35.4 Å². The largest absolute Gasteiger partial charge is 0.451 e. The summed E-state index contributed by atoms with van der Waals surface area (Å²) in [6.07, 6.45) is 0.311. The maximum absolute atomic E-state index is 13.2. The number of hydrogen-bond donors (Lipinski definition) is 1. The molecule has 3 amide bonds. The standard InChI is InChI=1S/C32H46N4O9/c1-20(18-26(38)22-9-11-23(12-10-22)27(33)34-30(40)42-6)28(39)35-16-13-25(14-17-35)44-29(43-21(2)37)24-8-7-15-36(19-24)31(41)45-32(3,4)5/h9-12,20,24-25,29H,7-8,13-19H2,1-6H3,(H2,33,34,40)/t20-,24?,29?/m1/s1. The van der Waals surface area contributed by atoms with E-state index >= 15 is 0 Å². The Kier molecular flexibility index (Phi) is 12.5. The van der Waals surface area contributed by atoms with E-state index < -0.39 is 36.0 Å². The smallest absolute Gasteiger partial charge is 0.435 e. The molecule has 0 spiro atoms. The average Bonchev–Trinajstić information content (AvgIpc) is 2.99. The number of amidine groups is 1. The van der Waals surface area contributed by atoms with E-state index in [1.165, 1.54) is 14.0 Å². The van der Waals surface area contributed by atoms with Crippen LogP contribution in [0.15, 0.2) is 29.3 Å². The van der Waals surface area contributed by atoms with Crippen molar-refractivity contribution in [1.29, 1.82) is 0 Å². The summed E-state index contributed by atoms with van der Waals surface area (Å²) in [4.78, 5) is 68.9. The molecule has 1 aromatic carbocycles. The summed E-state index contributed by atoms with van der Waals surface area (Å²) in [7, 11) is 1.20. The molecule has 3 rings (SSSR count). The van der Waals surface area contributed by atoms with Crippen molar-refractivity contribution in [2.45, 2.75) is 84.7 Å². The highest BCUT2D eigenvalue weighted by Gasteiger charge is 2.36. The number of piperidine rings is 2. The Morgan fingerprint density at radius 3 is 2.18 bits per heavy atom. The molecule has 3 atom stereocenters. The number of ether oxygens (including phenoxy) is 4. The number of nitrogens with zero attached hydrogens (tertiary/aromatic N) is 3. The van der Waals surface area contributed by atoms with Crippen LogP contribution in [0.4, 0.5) is 9.59 Å². The third-order valence-electron chi connectivity index (χ3n) is 7.66. The lowest BCUT2D eigenvalue weighted by molar-refractivity contribution is -0.211. The summed E-state index contributed by atoms with van der Waals surface area (Å²) in [6.45, 7) is 10.3. The predicted octanol–water partition coefficient (Wildman–Crippen LogP) is 3.91. The summed E-state index contributed by atoms with van der Waals surface area (Å²) >= 11 is 0. The molecule has 2 saturated heterocycles. The number of carbonyl (C=O) groups excluding carboxylic acids is 5. The fourth-order valence-corrected chi connectivity index (χ4v) is 5.36. The van der Waals surface area contributed by atoms with Crippen LogP contribution in [0.5, 0.6) is 0 Å². The van der Waals surface area contributed by atoms with E-state index in [1.54, 1.807) is 41.0 Å². The van der Waals surface area contributed by atoms with Crippen LogP contribution < -0.4 is 5.73 Å². The molecule has 2 unspecified atom stereocenters. The Morgan fingerprint density at radius 2 is 1.60 bits per heavy atom. The van der Waals surface area contributed by atoms with Crippen molar-refractivity contribution in [2.24, 2.45) is 22.6 Å². The molecule has 13 heteroatoms. The van der Waals surface area contributed by atoms with Crippen LogP contribution in [0.25, 0.3) is 0 Å². The van der Waals surface area contributed by atoms with Crippen molar-refractivity contribution < 1.29 is 42.9 Å². The maximum atomic E-state index is 13.2. The lowest BCUT2D eigenvalue weighted by atomic mass is 9.96. The van der Waals surface area contributed by atoms with Gasteiger partial charge in [0, 0.05) is 62.5 Å². The van der Waals surface area contributed by atoms with Gasteiger partial charge in [0.2, 0.25) is 12.2 Å². The number of amides is 3. The summed E-state index contributed by atoms with van der Waals surface area (Å²) in [5, 5.41) is 0. The number of Topliss-reactive ketones (excluding diaryl/α,β-unsaturated/α-hetero) is 1. The molecule has 0 radical (unpaired) electrons. The maximum Gasteiger partial charge on any atom is 0.435 e. The van der Waals surface area contributed by atoms with Gasteiger partial charge in [0.15, 0.2) is 5.78 Å². The van der Waals surface area contributed by atoms with Crippen LogP contribution in [0.3, 0.4) is 0 Å². The average molecular weight is 631 g/mol. The van der Waals surface area contributed by atoms with E-state index in [9.17, 15) is 24.0 Å². The number of nitrogens with two attached hydrogens (primary N) is 1. The molecule has 2 aliphatic heterocycles. The first-order valence-electron chi connectivity index (χ1n) is 15.3. The fourth-order valence-electron chi connectivity index (χ4n) is 5.36. The van der Waals surface area contributed by atoms with Crippen molar-refractivity contribution in [2.75, 3.05) is 33.3 Å². The van der Waals surface area contributed by atoms with Gasteiger partial charge in [0.25, 0.3) is 0 Å². The molecule has 248 valence electrons. The van der Waals surface area contributed by atoms with E-state index in [1.807, 2.05) is 20.8 Å². The molecular weight excluding hydrogens is 584 g/mol. The van der Waals surface area contributed by atoms with Crippen LogP contribution in [-0.4, -0.2) is 96.8 Å². The number of methoxy groups -OCH3 is 1. The summed E-state index contributed by atoms with van der Waals surface area (Å²) in [6, 6.07) is 6.32. The van der Waals surface area contributed by atoms with Gasteiger partial charge in [0.1, 0.15) is 11.4 Å². The van der Waals surface area contributed by atoms with Crippen molar-refractivity contribution in [3.63, 3.8) is 0 Å². The number of rotatable bonds is 9. The van der Waals surface area contributed by atoms with Gasteiger partial charge < -0.3 is 34.5 Å². The second-order valence-electron chi connectivity index (χ2n) is 12.5. The van der Waals surface area contributed by atoms with Crippen LogP contribution in [-0.2, 0) is 28.5 Å². The first kappa shape index (κ1) is 35.5. The molecule has 0 saturated carbocycles. The van der Waals surface area contributed by atoms with Crippen LogP contribution in [0.2, 0.25) is 0 Å². The van der Waals surface area contributed by atoms with Gasteiger partial charge in [-0.15, -0.1) is 0 Å². The summed E-state index contributed by atoms with van der Waals surface area (Å²) in [5.41, 5.74) is 6.06. The van der Waals surface area contributed by atoms with Gasteiger partial charge in [0.05, 0.1) is 13.2 Å². The van der Waals surface area contributed by atoms with Gasteiger partial charge in [-0.05, 0) is 46.5 Å². The number of ketones is 1. The molecule has 2 N–H and O–H groups in total. The summed E-state index contributed by atoms with van der Waals surface area (Å²) in [5.74, 6) is -1.54. The van der Waals surface area contributed by atoms with Crippen molar-refractivity contribution in [1.82, 2.24) is 9.80 Å². The Balaban J connectivity index is 1.52. The highest BCUT2D eigenvalue weighted by Crippen LogP contribution is 2.28. The topological polar surface area (TPSA) is 167 Å². The van der Waals surface area contributed by atoms with Gasteiger partial charge in [-0.2, -0.15) is 4.99 Å². The Labute approximate surface area is 264 Å². The molecule has 0 aliphatic carbocycles. The van der Waals surface area contributed by atoms with E-state index in [0.717, 1.165) is 12.8 Å². The summed E-state index contributed by atoms with van der Waals surface area (Å²) < 4.78 is 21.8. The molecule has 0 aromatic heterocycles. The third kappa shape index (κ3) is 10.8. The fraction of sp³-hybridized carbons (Fsp3) is 0.625. The van der Waals surface area contributed by atoms with E-state index in [4.69, 9.17) is 19.9 Å². The Bertz CT molecular complexity index is 1250. The predicted molar refractivity (Wildman–Crippen MR) is 164 cm³/mol. The lowest BCUT2D eigenvalue weighted by Gasteiger charge is -2.39. The zero-order chi connectivity index (χ0) is 33.3. The Hall–Kier alpha value is -4.00. The first-order chi connectivity index (χ1) is 21.2. The van der Waals surface area contributed by atoms with E-state index in [-0.39, 0.29) is 36.0 Å². The second-order valence-corrected chi connectivity index (χ2v) is 12.5. The van der Waals surface area contributed by atoms with E-state index in [0.29, 0.717) is 50.1 Å². The van der Waals surface area contributed by atoms with Crippen molar-refractivity contribution >= 4 is 35.7 Å². The number of esters is 1. The molecule has 2 fully saturated rings. The normalized spacial score (nSPS) is 19.3. The lowest BCUT2D eigenvalue weighted by Crippen LogP contribution is -2.49. The minimum Gasteiger partial charge on any atom is -0.451 e. The molecule has 45 heavy (non-hydrogen) atoms. The van der Waals surface area contributed by atoms with Crippen LogP contribution in [0.1, 0.15) is 82.6 Å².